The fourth-order valence-electron chi connectivity index (χ4n) is 7.75. The van der Waals surface area contributed by atoms with Crippen LogP contribution in [0.25, 0.3) is 43.6 Å². The van der Waals surface area contributed by atoms with Crippen molar-refractivity contribution in [3.8, 4) is 11.5 Å². The zero-order valence-electron chi connectivity index (χ0n) is 30.1. The quantitative estimate of drug-likeness (QED) is 0.103. The molecule has 7 rings (SSSR count). The molecule has 0 aliphatic heterocycles. The Morgan fingerprint density at radius 2 is 0.780 bits per heavy atom. The summed E-state index contributed by atoms with van der Waals surface area (Å²) in [4.78, 5) is 4.87. The normalized spacial score (nSPS) is 12.0. The first-order valence-corrected chi connectivity index (χ1v) is 18.1. The molecule has 5 aromatic carbocycles. The van der Waals surface area contributed by atoms with Gasteiger partial charge in [-0.15, -0.1) is 0 Å². The third-order valence-corrected chi connectivity index (χ3v) is 10.4. The Balaban J connectivity index is 0.919. The molecule has 0 aliphatic rings. The molecule has 0 spiro atoms. The van der Waals surface area contributed by atoms with Gasteiger partial charge in [0.25, 0.3) is 0 Å². The van der Waals surface area contributed by atoms with E-state index in [1.165, 1.54) is 54.7 Å². The highest BCUT2D eigenvalue weighted by Gasteiger charge is 2.15. The maximum atomic E-state index is 5.92. The summed E-state index contributed by atoms with van der Waals surface area (Å²) in [6, 6.07) is 39.4. The van der Waals surface area contributed by atoms with Gasteiger partial charge in [0.2, 0.25) is 0 Å². The first kappa shape index (κ1) is 33.7. The molecule has 0 aliphatic carbocycles. The second-order valence-corrected chi connectivity index (χ2v) is 13.7. The zero-order chi connectivity index (χ0) is 34.5. The van der Waals surface area contributed by atoms with E-state index in [9.17, 15) is 0 Å². The van der Waals surface area contributed by atoms with E-state index in [0.717, 1.165) is 76.5 Å². The van der Waals surface area contributed by atoms with Crippen LogP contribution in [0.2, 0.25) is 0 Å². The molecular weight excluding hydrogens is 617 g/mol. The van der Waals surface area contributed by atoms with Crippen molar-refractivity contribution in [1.82, 2.24) is 18.9 Å². The number of likely N-dealkylation sites (N-methyl/N-ethyl adjacent to an activating group) is 2. The summed E-state index contributed by atoms with van der Waals surface area (Å²) in [5, 5.41) is 5.34. The summed E-state index contributed by atoms with van der Waals surface area (Å²) in [6.07, 6.45) is 4.00. The predicted molar refractivity (Wildman–Crippen MR) is 210 cm³/mol. The number of para-hydroxylation sites is 4. The predicted octanol–water partition coefficient (Wildman–Crippen LogP) is 9.05. The van der Waals surface area contributed by atoms with Gasteiger partial charge in [0.15, 0.2) is 0 Å². The third-order valence-electron chi connectivity index (χ3n) is 10.4. The van der Waals surface area contributed by atoms with Gasteiger partial charge >= 0.3 is 0 Å². The van der Waals surface area contributed by atoms with Crippen molar-refractivity contribution in [2.75, 3.05) is 54.5 Å². The third kappa shape index (κ3) is 6.96. The van der Waals surface area contributed by atoms with E-state index in [4.69, 9.17) is 9.47 Å². The molecule has 6 nitrogen and oxygen atoms in total. The molecule has 0 radical (unpaired) electrons. The summed E-state index contributed by atoms with van der Waals surface area (Å²) in [5.41, 5.74) is 7.67. The number of hydrogen-bond donors (Lipinski definition) is 0. The van der Waals surface area contributed by atoms with Gasteiger partial charge in [-0.3, -0.25) is 0 Å². The lowest BCUT2D eigenvalue weighted by atomic mass is 10.0. The number of methoxy groups -OCH3 is 2. The number of rotatable bonds is 16. The number of nitrogens with zero attached hydrogens (tertiary/aromatic N) is 4. The van der Waals surface area contributed by atoms with Crippen molar-refractivity contribution in [1.29, 1.82) is 0 Å². The van der Waals surface area contributed by atoms with Gasteiger partial charge in [-0.2, -0.15) is 0 Å². The topological polar surface area (TPSA) is 34.8 Å². The first-order chi connectivity index (χ1) is 24.6. The van der Waals surface area contributed by atoms with Crippen LogP contribution in [-0.4, -0.2) is 73.4 Å². The Kier molecular flexibility index (Phi) is 10.4. The van der Waals surface area contributed by atoms with Gasteiger partial charge in [-0.05, 0) is 100 Å². The maximum absolute atomic E-state index is 5.92. The van der Waals surface area contributed by atoms with Crippen molar-refractivity contribution in [2.45, 2.75) is 38.8 Å². The molecule has 2 heterocycles. The fourth-order valence-corrected chi connectivity index (χ4v) is 7.75. The minimum atomic E-state index is 0.911. The number of aromatic nitrogens is 2. The number of ether oxygens (including phenoxy) is 2. The minimum Gasteiger partial charge on any atom is -0.496 e. The van der Waals surface area contributed by atoms with Crippen LogP contribution in [0, 0.1) is 0 Å². The SMILES string of the molecule is COc1cc(CCN(C)CCCn2c3ccccc3c3ccccc32)c(OC)cc1CCN(C)CCCn1c2ccccc2c2ccccc21. The number of benzene rings is 5. The van der Waals surface area contributed by atoms with Crippen LogP contribution < -0.4 is 9.47 Å². The second-order valence-electron chi connectivity index (χ2n) is 13.7. The Bertz CT molecular complexity index is 1950. The summed E-state index contributed by atoms with van der Waals surface area (Å²) < 4.78 is 16.8. The van der Waals surface area contributed by atoms with Crippen molar-refractivity contribution in [2.24, 2.45) is 0 Å². The van der Waals surface area contributed by atoms with E-state index < -0.39 is 0 Å². The number of aryl methyl sites for hydroxylation is 2. The molecule has 2 aromatic heterocycles. The van der Waals surface area contributed by atoms with Crippen LogP contribution in [0.15, 0.2) is 109 Å². The van der Waals surface area contributed by atoms with Crippen LogP contribution in [0.4, 0.5) is 0 Å². The molecule has 0 bridgehead atoms. The smallest absolute Gasteiger partial charge is 0.122 e. The van der Waals surface area contributed by atoms with Crippen LogP contribution in [-0.2, 0) is 25.9 Å². The summed E-state index contributed by atoms with van der Waals surface area (Å²) >= 11 is 0. The highest BCUT2D eigenvalue weighted by molar-refractivity contribution is 6.08. The zero-order valence-corrected chi connectivity index (χ0v) is 30.1. The molecule has 258 valence electrons. The van der Waals surface area contributed by atoms with E-state index in [-0.39, 0.29) is 0 Å². The molecular formula is C44H50N4O2. The summed E-state index contributed by atoms with van der Waals surface area (Å²) in [5.74, 6) is 1.90. The molecule has 0 saturated heterocycles. The van der Waals surface area contributed by atoms with E-state index in [2.05, 4.69) is 142 Å². The van der Waals surface area contributed by atoms with Gasteiger partial charge < -0.3 is 28.4 Å². The van der Waals surface area contributed by atoms with Gasteiger partial charge in [-0.1, -0.05) is 72.8 Å². The van der Waals surface area contributed by atoms with Crippen molar-refractivity contribution < 1.29 is 9.47 Å². The Labute approximate surface area is 296 Å². The lowest BCUT2D eigenvalue weighted by Gasteiger charge is -2.21. The molecule has 6 heteroatoms. The average molecular weight is 667 g/mol. The monoisotopic (exact) mass is 666 g/mol. The highest BCUT2D eigenvalue weighted by Crippen LogP contribution is 2.32. The van der Waals surface area contributed by atoms with E-state index in [1.807, 2.05) is 0 Å². The second kappa shape index (κ2) is 15.4. The Hall–Kier alpha value is -4.78. The van der Waals surface area contributed by atoms with Gasteiger partial charge in [0.05, 0.1) is 14.2 Å². The van der Waals surface area contributed by atoms with Gasteiger partial charge in [0, 0.05) is 69.8 Å². The Morgan fingerprint density at radius 3 is 1.10 bits per heavy atom. The number of hydrogen-bond acceptors (Lipinski definition) is 4. The van der Waals surface area contributed by atoms with E-state index in [1.54, 1.807) is 14.2 Å². The maximum Gasteiger partial charge on any atom is 0.122 e. The lowest BCUT2D eigenvalue weighted by molar-refractivity contribution is 0.320. The molecule has 7 aromatic rings. The van der Waals surface area contributed by atoms with Crippen molar-refractivity contribution in [3.05, 3.63) is 120 Å². The molecule has 0 saturated carbocycles. The molecule has 0 atom stereocenters. The molecule has 0 amide bonds. The highest BCUT2D eigenvalue weighted by atomic mass is 16.5. The fraction of sp³-hybridized carbons (Fsp3) is 0.318. The minimum absolute atomic E-state index is 0.911. The van der Waals surface area contributed by atoms with Crippen molar-refractivity contribution in [3.63, 3.8) is 0 Å². The van der Waals surface area contributed by atoms with Crippen LogP contribution >= 0.6 is 0 Å². The Morgan fingerprint density at radius 1 is 0.460 bits per heavy atom. The van der Waals surface area contributed by atoms with E-state index >= 15 is 0 Å². The summed E-state index contributed by atoms with van der Waals surface area (Å²) in [7, 11) is 8.01. The molecule has 0 fully saturated rings. The lowest BCUT2D eigenvalue weighted by Crippen LogP contribution is -2.24. The van der Waals surface area contributed by atoms with Gasteiger partial charge in [-0.25, -0.2) is 0 Å². The molecule has 0 N–H and O–H groups in total. The molecule has 50 heavy (non-hydrogen) atoms. The van der Waals surface area contributed by atoms with Crippen molar-refractivity contribution >= 4 is 43.6 Å². The van der Waals surface area contributed by atoms with Crippen LogP contribution in [0.3, 0.4) is 0 Å². The standard InChI is InChI=1S/C44H50N4O2/c1-45(25-13-27-47-39-19-9-5-15-35(39)36-16-6-10-20-40(36)47)29-23-33-31-44(50-4)34(32-43(33)49-3)24-30-46(2)26-14-28-48-41-21-11-7-17-37(41)38-18-8-12-22-42(38)48/h5-12,15-22,31-32H,13-14,23-30H2,1-4H3. The first-order valence-electron chi connectivity index (χ1n) is 18.1. The van der Waals surface area contributed by atoms with Crippen LogP contribution in [0.1, 0.15) is 24.0 Å². The molecule has 0 unspecified atom stereocenters. The summed E-state index contributed by atoms with van der Waals surface area (Å²) in [6.45, 7) is 5.97. The van der Waals surface area contributed by atoms with Crippen LogP contribution in [0.5, 0.6) is 11.5 Å². The van der Waals surface area contributed by atoms with Gasteiger partial charge in [0.1, 0.15) is 11.5 Å². The average Bonchev–Trinajstić information content (AvgIpc) is 3.65. The largest absolute Gasteiger partial charge is 0.496 e. The van der Waals surface area contributed by atoms with E-state index in [0.29, 0.717) is 0 Å². The number of fused-ring (bicyclic) bond motifs is 6.